The van der Waals surface area contributed by atoms with Gasteiger partial charge in [-0.1, -0.05) is 42.9 Å². The lowest BCUT2D eigenvalue weighted by molar-refractivity contribution is 0.163. The number of thioether (sulfide) groups is 1. The maximum Gasteiger partial charge on any atom is 0.182 e. The molecule has 0 spiro atoms. The average molecular weight is 329 g/mol. The number of nitrogens with two attached hydrogens (primary N) is 2. The van der Waals surface area contributed by atoms with Crippen LogP contribution in [0.25, 0.3) is 0 Å². The van der Waals surface area contributed by atoms with E-state index in [4.69, 9.17) is 16.2 Å². The summed E-state index contributed by atoms with van der Waals surface area (Å²) >= 11 is 3.15. The number of rotatable bonds is 7. The summed E-state index contributed by atoms with van der Waals surface area (Å²) in [5, 5.41) is 1.44. The van der Waals surface area contributed by atoms with Gasteiger partial charge in [-0.25, -0.2) is 9.98 Å². The van der Waals surface area contributed by atoms with Crippen molar-refractivity contribution in [2.75, 3.05) is 31.7 Å². The van der Waals surface area contributed by atoms with E-state index in [1.54, 1.807) is 18.9 Å². The van der Waals surface area contributed by atoms with Gasteiger partial charge >= 0.3 is 0 Å². The highest BCUT2D eigenvalue weighted by atomic mass is 32.2. The van der Waals surface area contributed by atoms with Gasteiger partial charge in [-0.3, -0.25) is 0 Å². The Labute approximate surface area is 134 Å². The molecular weight excluding hydrogens is 306 g/mol. The molecule has 118 valence electrons. The first kappa shape index (κ1) is 16.5. The number of hydrogen-bond acceptors (Lipinski definition) is 8. The molecule has 0 bridgehead atoms. The zero-order valence-electron chi connectivity index (χ0n) is 12.5. The molecule has 6 nitrogen and oxygen atoms in total. The molecule has 0 radical (unpaired) electrons. The molecule has 1 unspecified atom stereocenters. The third-order valence-corrected chi connectivity index (χ3v) is 5.24. The van der Waals surface area contributed by atoms with Gasteiger partial charge in [-0.15, -0.1) is 0 Å². The number of ether oxygens (including phenoxy) is 1. The summed E-state index contributed by atoms with van der Waals surface area (Å²) in [4.78, 5) is 11.9. The number of methoxy groups -OCH3 is 1. The molecule has 4 N–H and O–H groups in total. The van der Waals surface area contributed by atoms with E-state index in [1.165, 1.54) is 30.6 Å². The molecule has 0 fully saturated rings. The Morgan fingerprint density at radius 1 is 1.43 bits per heavy atom. The van der Waals surface area contributed by atoms with Gasteiger partial charge in [0.05, 0.1) is 11.5 Å². The first-order valence-corrected chi connectivity index (χ1v) is 8.96. The van der Waals surface area contributed by atoms with Crippen LogP contribution in [-0.4, -0.2) is 41.1 Å². The first-order valence-electron chi connectivity index (χ1n) is 7.16. The lowest BCUT2D eigenvalue weighted by Crippen LogP contribution is -2.41. The summed E-state index contributed by atoms with van der Waals surface area (Å²) in [5.74, 6) is 1.72. The lowest BCUT2D eigenvalue weighted by atomic mass is 10.3. The van der Waals surface area contributed by atoms with Crippen LogP contribution in [0, 0.1) is 0 Å². The predicted octanol–water partition coefficient (Wildman–Crippen LogP) is 2.56. The third kappa shape index (κ3) is 4.09. The van der Waals surface area contributed by atoms with Crippen molar-refractivity contribution in [3.63, 3.8) is 0 Å². The smallest absolute Gasteiger partial charge is 0.182 e. The van der Waals surface area contributed by atoms with Crippen molar-refractivity contribution in [1.29, 1.82) is 0 Å². The van der Waals surface area contributed by atoms with Crippen molar-refractivity contribution in [1.82, 2.24) is 9.88 Å². The van der Waals surface area contributed by atoms with Gasteiger partial charge in [0.1, 0.15) is 6.17 Å². The SMILES string of the molecule is CCCCCSC1=Nc2nc(N)sc2C(N)N1CCOC. The molecule has 1 atom stereocenters. The van der Waals surface area contributed by atoms with E-state index >= 15 is 0 Å². The monoisotopic (exact) mass is 329 g/mol. The number of aliphatic imine (C=N–C) groups is 1. The molecule has 0 aliphatic carbocycles. The first-order chi connectivity index (χ1) is 10.2. The van der Waals surface area contributed by atoms with Gasteiger partial charge in [0.15, 0.2) is 16.1 Å². The zero-order chi connectivity index (χ0) is 15.2. The van der Waals surface area contributed by atoms with Crippen LogP contribution in [0.4, 0.5) is 10.9 Å². The van der Waals surface area contributed by atoms with Crippen LogP contribution in [0.3, 0.4) is 0 Å². The van der Waals surface area contributed by atoms with Crippen LogP contribution in [-0.2, 0) is 4.74 Å². The van der Waals surface area contributed by atoms with Gasteiger partial charge in [-0.2, -0.15) is 0 Å². The normalized spacial score (nSPS) is 17.8. The minimum absolute atomic E-state index is 0.240. The number of unbranched alkanes of at least 4 members (excludes halogenated alkanes) is 2. The fourth-order valence-electron chi connectivity index (χ4n) is 2.08. The molecule has 0 saturated carbocycles. The maximum atomic E-state index is 6.36. The van der Waals surface area contributed by atoms with Gasteiger partial charge in [-0.05, 0) is 6.42 Å². The highest BCUT2D eigenvalue weighted by Crippen LogP contribution is 2.39. The fourth-order valence-corrected chi connectivity index (χ4v) is 3.92. The highest BCUT2D eigenvalue weighted by molar-refractivity contribution is 8.13. The van der Waals surface area contributed by atoms with E-state index in [0.717, 1.165) is 15.8 Å². The second kappa shape index (κ2) is 7.98. The van der Waals surface area contributed by atoms with Crippen molar-refractivity contribution in [2.24, 2.45) is 10.7 Å². The number of amidine groups is 1. The fraction of sp³-hybridized carbons (Fsp3) is 0.692. The molecular formula is C13H23N5OS2. The van der Waals surface area contributed by atoms with E-state index in [9.17, 15) is 0 Å². The summed E-state index contributed by atoms with van der Waals surface area (Å²) in [6.45, 7) is 3.54. The number of anilines is 1. The third-order valence-electron chi connectivity index (χ3n) is 3.22. The largest absolute Gasteiger partial charge is 0.383 e. The molecule has 0 saturated heterocycles. The topological polar surface area (TPSA) is 89.8 Å². The molecule has 2 rings (SSSR count). The van der Waals surface area contributed by atoms with Crippen molar-refractivity contribution >= 4 is 39.2 Å². The molecule has 21 heavy (non-hydrogen) atoms. The lowest BCUT2D eigenvalue weighted by Gasteiger charge is -2.33. The molecule has 1 aliphatic heterocycles. The average Bonchev–Trinajstić information content (AvgIpc) is 2.84. The number of aromatic nitrogens is 1. The van der Waals surface area contributed by atoms with Crippen molar-refractivity contribution < 1.29 is 4.74 Å². The summed E-state index contributed by atoms with van der Waals surface area (Å²) in [7, 11) is 1.69. The minimum atomic E-state index is -0.240. The molecule has 1 aromatic rings. The van der Waals surface area contributed by atoms with E-state index in [1.807, 2.05) is 0 Å². The molecule has 1 aliphatic rings. The maximum absolute atomic E-state index is 6.36. The Balaban J connectivity index is 2.13. The van der Waals surface area contributed by atoms with E-state index < -0.39 is 0 Å². The van der Waals surface area contributed by atoms with Gasteiger partial charge < -0.3 is 21.1 Å². The minimum Gasteiger partial charge on any atom is -0.383 e. The summed E-state index contributed by atoms with van der Waals surface area (Å²) in [6.07, 6.45) is 3.39. The number of fused-ring (bicyclic) bond motifs is 1. The van der Waals surface area contributed by atoms with E-state index in [2.05, 4.69) is 21.8 Å². The highest BCUT2D eigenvalue weighted by Gasteiger charge is 2.30. The molecule has 0 amide bonds. The second-order valence-electron chi connectivity index (χ2n) is 4.82. The van der Waals surface area contributed by atoms with Crippen molar-refractivity contribution in [2.45, 2.75) is 32.4 Å². The van der Waals surface area contributed by atoms with Gasteiger partial charge in [0, 0.05) is 19.4 Å². The van der Waals surface area contributed by atoms with Crippen LogP contribution >= 0.6 is 23.1 Å². The number of nitrogen functional groups attached to an aromatic ring is 1. The summed E-state index contributed by atoms with van der Waals surface area (Å²) in [5.41, 5.74) is 12.1. The van der Waals surface area contributed by atoms with Gasteiger partial charge in [0.2, 0.25) is 0 Å². The van der Waals surface area contributed by atoms with E-state index in [-0.39, 0.29) is 6.17 Å². The standard InChI is InChI=1S/C13H23N5OS2/c1-3-4-5-8-20-13-17-11-9(21-12(15)16-11)10(14)18(13)6-7-19-2/h10H,3-8,14H2,1-2H3,(H2,15,16). The van der Waals surface area contributed by atoms with Crippen LogP contribution in [0.1, 0.15) is 37.2 Å². The zero-order valence-corrected chi connectivity index (χ0v) is 14.2. The van der Waals surface area contributed by atoms with Gasteiger partial charge in [0.25, 0.3) is 0 Å². The Hall–Kier alpha value is -0.830. The Morgan fingerprint density at radius 2 is 2.24 bits per heavy atom. The number of hydrogen-bond donors (Lipinski definition) is 2. The van der Waals surface area contributed by atoms with Crippen LogP contribution in [0.5, 0.6) is 0 Å². The van der Waals surface area contributed by atoms with E-state index in [0.29, 0.717) is 24.1 Å². The predicted molar refractivity (Wildman–Crippen MR) is 91.1 cm³/mol. The van der Waals surface area contributed by atoms with Crippen LogP contribution in [0.15, 0.2) is 4.99 Å². The van der Waals surface area contributed by atoms with Crippen LogP contribution in [0.2, 0.25) is 0 Å². The molecule has 8 heteroatoms. The molecule has 1 aromatic heterocycles. The summed E-state index contributed by atoms with van der Waals surface area (Å²) in [6, 6.07) is 0. The Kier molecular flexibility index (Phi) is 6.28. The van der Waals surface area contributed by atoms with Crippen molar-refractivity contribution in [3.8, 4) is 0 Å². The molecule has 0 aromatic carbocycles. The second-order valence-corrected chi connectivity index (χ2v) is 6.95. The van der Waals surface area contributed by atoms with Crippen LogP contribution < -0.4 is 11.5 Å². The Bertz CT molecular complexity index is 491. The quantitative estimate of drug-likeness (QED) is 0.747. The molecule has 2 heterocycles. The number of nitrogens with zero attached hydrogens (tertiary/aromatic N) is 3. The van der Waals surface area contributed by atoms with Crippen molar-refractivity contribution in [3.05, 3.63) is 4.88 Å². The Morgan fingerprint density at radius 3 is 2.95 bits per heavy atom. The number of thiazole rings is 1. The summed E-state index contributed by atoms with van der Waals surface area (Å²) < 4.78 is 5.18.